The molecule has 0 amide bonds. The van der Waals surface area contributed by atoms with E-state index in [1.54, 1.807) is 6.92 Å². The Morgan fingerprint density at radius 2 is 1.94 bits per heavy atom. The summed E-state index contributed by atoms with van der Waals surface area (Å²) in [5.74, 6) is 5.28. The highest BCUT2D eigenvalue weighted by Gasteiger charge is 2.90. The van der Waals surface area contributed by atoms with E-state index in [2.05, 4.69) is 31.9 Å². The first-order valence-electron chi connectivity index (χ1n) is 6.56. The van der Waals surface area contributed by atoms with Crippen LogP contribution in [0, 0.1) is 41.4 Å². The molecule has 0 saturated heterocycles. The Kier molecular flexibility index (Phi) is 1.60. The van der Waals surface area contributed by atoms with Crippen LogP contribution in [0.2, 0.25) is 0 Å². The van der Waals surface area contributed by atoms with Gasteiger partial charge in [0.05, 0.1) is 4.83 Å². The van der Waals surface area contributed by atoms with Crippen molar-refractivity contribution >= 4 is 37.8 Å². The maximum Gasteiger partial charge on any atom is 0.303 e. The molecule has 6 aliphatic carbocycles. The number of esters is 1. The number of halogens is 2. The van der Waals surface area contributed by atoms with E-state index in [0.29, 0.717) is 21.5 Å². The van der Waals surface area contributed by atoms with E-state index in [9.17, 15) is 4.79 Å². The fraction of sp³-hybridized carbons (Fsp3) is 0.923. The van der Waals surface area contributed by atoms with Gasteiger partial charge in [-0.3, -0.25) is 4.79 Å². The van der Waals surface area contributed by atoms with Gasteiger partial charge in [0.25, 0.3) is 0 Å². The Balaban J connectivity index is 1.74. The van der Waals surface area contributed by atoms with Gasteiger partial charge in [0.1, 0.15) is 5.60 Å². The molecule has 6 saturated carbocycles. The molecule has 17 heavy (non-hydrogen) atoms. The minimum atomic E-state index is -0.155. The zero-order valence-electron chi connectivity index (χ0n) is 9.48. The summed E-state index contributed by atoms with van der Waals surface area (Å²) in [6, 6.07) is 0. The number of hydrogen-bond acceptors (Lipinski definition) is 2. The molecule has 0 aromatic carbocycles. The molecule has 0 N–H and O–H groups in total. The lowest BCUT2D eigenvalue weighted by atomic mass is 9.69. The Hall–Kier alpha value is 0.430. The molecule has 6 fully saturated rings. The second-order valence-corrected chi connectivity index (χ2v) is 8.68. The van der Waals surface area contributed by atoms with Crippen molar-refractivity contribution in [2.24, 2.45) is 41.4 Å². The third-order valence-electron chi connectivity index (χ3n) is 6.60. The Morgan fingerprint density at radius 3 is 2.65 bits per heavy atom. The van der Waals surface area contributed by atoms with Crippen LogP contribution in [0.25, 0.3) is 0 Å². The highest BCUT2D eigenvalue weighted by Crippen LogP contribution is 2.86. The number of ether oxygens (including phenoxy) is 1. The third kappa shape index (κ3) is 0.752. The van der Waals surface area contributed by atoms with Crippen molar-refractivity contribution in [1.29, 1.82) is 0 Å². The average Bonchev–Trinajstić information content (AvgIpc) is 2.93. The van der Waals surface area contributed by atoms with Gasteiger partial charge in [-0.25, -0.2) is 0 Å². The molecule has 6 aliphatic rings. The zero-order chi connectivity index (χ0) is 11.7. The van der Waals surface area contributed by atoms with E-state index in [4.69, 9.17) is 4.74 Å². The van der Waals surface area contributed by atoms with Crippen molar-refractivity contribution in [3.05, 3.63) is 0 Å². The van der Waals surface area contributed by atoms with E-state index < -0.39 is 0 Å². The molecule has 4 heteroatoms. The van der Waals surface area contributed by atoms with Crippen molar-refractivity contribution in [3.63, 3.8) is 0 Å². The second-order valence-electron chi connectivity index (χ2n) is 6.64. The molecule has 2 nitrogen and oxygen atoms in total. The van der Waals surface area contributed by atoms with E-state index in [1.807, 2.05) is 0 Å². The van der Waals surface area contributed by atoms with Crippen LogP contribution < -0.4 is 0 Å². The van der Waals surface area contributed by atoms with Crippen LogP contribution in [0.15, 0.2) is 0 Å². The first-order chi connectivity index (χ1) is 8.09. The van der Waals surface area contributed by atoms with Crippen LogP contribution in [0.1, 0.15) is 13.3 Å². The van der Waals surface area contributed by atoms with Crippen molar-refractivity contribution in [2.45, 2.75) is 28.6 Å². The summed E-state index contributed by atoms with van der Waals surface area (Å²) < 4.78 is 5.94. The smallest absolute Gasteiger partial charge is 0.303 e. The van der Waals surface area contributed by atoms with Gasteiger partial charge >= 0.3 is 5.97 Å². The summed E-state index contributed by atoms with van der Waals surface area (Å²) in [5.41, 5.74) is -0.155. The highest BCUT2D eigenvalue weighted by molar-refractivity contribution is 9.10. The third-order valence-corrected chi connectivity index (χ3v) is 9.11. The van der Waals surface area contributed by atoms with Gasteiger partial charge in [0.15, 0.2) is 0 Å². The molecule has 0 radical (unpaired) electrons. The largest absolute Gasteiger partial charge is 0.457 e. The average molecular weight is 362 g/mol. The van der Waals surface area contributed by atoms with Crippen LogP contribution in [-0.4, -0.2) is 21.2 Å². The summed E-state index contributed by atoms with van der Waals surface area (Å²) in [7, 11) is 0. The zero-order valence-corrected chi connectivity index (χ0v) is 12.6. The summed E-state index contributed by atoms with van der Waals surface area (Å²) in [6.45, 7) is 1.57. The minimum absolute atomic E-state index is 0.0924. The summed E-state index contributed by atoms with van der Waals surface area (Å²) >= 11 is 7.83. The Morgan fingerprint density at radius 1 is 1.18 bits per heavy atom. The minimum Gasteiger partial charge on any atom is -0.457 e. The Labute approximate surface area is 117 Å². The van der Waals surface area contributed by atoms with E-state index in [-0.39, 0.29) is 11.6 Å². The monoisotopic (exact) mass is 360 g/mol. The molecule has 6 rings (SSSR count). The summed E-state index contributed by atoms with van der Waals surface area (Å²) in [6.07, 6.45) is 1.40. The molecular weight excluding hydrogens is 348 g/mol. The van der Waals surface area contributed by atoms with Gasteiger partial charge in [0.2, 0.25) is 0 Å². The standard InChI is InChI=1S/C13H14Br2O2/c1-3(16)17-13-9-5-2-4-6(7(5)12(13)15)10(13)11(14)8(4)9/h4-12H,2H2,1H3/t4-,5+,6-,7+,8-,9+,10-,11-,12-,13-/m0/s1. The lowest BCUT2D eigenvalue weighted by Gasteiger charge is -2.41. The van der Waals surface area contributed by atoms with Crippen LogP contribution in [0.5, 0.6) is 0 Å². The fourth-order valence-corrected chi connectivity index (χ4v) is 9.81. The predicted molar refractivity (Wildman–Crippen MR) is 69.0 cm³/mol. The number of carbonyl (C=O) groups excluding carboxylic acids is 1. The van der Waals surface area contributed by atoms with Gasteiger partial charge in [0, 0.05) is 23.6 Å². The van der Waals surface area contributed by atoms with Gasteiger partial charge in [-0.1, -0.05) is 31.9 Å². The molecule has 0 aliphatic heterocycles. The lowest BCUT2D eigenvalue weighted by molar-refractivity contribution is -0.167. The first-order valence-corrected chi connectivity index (χ1v) is 8.40. The number of hydrogen-bond donors (Lipinski definition) is 0. The molecule has 0 aromatic rings. The van der Waals surface area contributed by atoms with Gasteiger partial charge in [-0.15, -0.1) is 0 Å². The predicted octanol–water partition coefficient (Wildman–Crippen LogP) is 2.59. The van der Waals surface area contributed by atoms with E-state index in [0.717, 1.165) is 29.6 Å². The molecule has 0 aromatic heterocycles. The molecule has 0 unspecified atom stereocenters. The maximum atomic E-state index is 11.5. The second kappa shape index (κ2) is 2.65. The summed E-state index contributed by atoms with van der Waals surface area (Å²) in [4.78, 5) is 12.6. The molecular formula is C13H14Br2O2. The number of alkyl halides is 2. The van der Waals surface area contributed by atoms with Gasteiger partial charge in [-0.05, 0) is 36.0 Å². The highest BCUT2D eigenvalue weighted by atomic mass is 79.9. The van der Waals surface area contributed by atoms with Gasteiger partial charge < -0.3 is 4.74 Å². The first kappa shape index (κ1) is 10.2. The van der Waals surface area contributed by atoms with Crippen molar-refractivity contribution < 1.29 is 9.53 Å². The van der Waals surface area contributed by atoms with E-state index in [1.165, 1.54) is 6.42 Å². The van der Waals surface area contributed by atoms with Crippen LogP contribution >= 0.6 is 31.9 Å². The lowest BCUT2D eigenvalue weighted by Crippen LogP contribution is -2.49. The number of carbonyl (C=O) groups is 1. The van der Waals surface area contributed by atoms with E-state index >= 15 is 0 Å². The molecule has 0 heterocycles. The van der Waals surface area contributed by atoms with Crippen molar-refractivity contribution in [2.75, 3.05) is 0 Å². The SMILES string of the molecule is CC(=O)O[C@@]12[C@@H]3[C@@H](Br)[C@H]4[C@H]5C[C@H]([C@H]([C@H]53)[C@@H]1Br)[C@H]42. The van der Waals surface area contributed by atoms with Crippen molar-refractivity contribution in [1.82, 2.24) is 0 Å². The van der Waals surface area contributed by atoms with Crippen molar-refractivity contribution in [3.8, 4) is 0 Å². The number of rotatable bonds is 1. The quantitative estimate of drug-likeness (QED) is 0.530. The topological polar surface area (TPSA) is 26.3 Å². The van der Waals surface area contributed by atoms with Crippen LogP contribution in [0.4, 0.5) is 0 Å². The normalized spacial score (nSPS) is 72.1. The molecule has 6 bridgehead atoms. The summed E-state index contributed by atoms with van der Waals surface area (Å²) in [5, 5.41) is 0. The molecule has 92 valence electrons. The van der Waals surface area contributed by atoms with Crippen LogP contribution in [-0.2, 0) is 9.53 Å². The fourth-order valence-electron chi connectivity index (χ4n) is 6.87. The Bertz CT molecular complexity index is 449. The molecule has 0 spiro atoms. The molecule has 10 atom stereocenters. The van der Waals surface area contributed by atoms with Gasteiger partial charge in [-0.2, -0.15) is 0 Å². The van der Waals surface area contributed by atoms with Crippen LogP contribution in [0.3, 0.4) is 0 Å². The maximum absolute atomic E-state index is 11.5.